The maximum atomic E-state index is 4.44. The molecule has 0 amide bonds. The van der Waals surface area contributed by atoms with Gasteiger partial charge in [-0.3, -0.25) is 0 Å². The maximum absolute atomic E-state index is 4.44. The van der Waals surface area contributed by atoms with E-state index in [2.05, 4.69) is 48.5 Å². The molecular weight excluding hydrogens is 192 g/mol. The fourth-order valence-electron chi connectivity index (χ4n) is 3.98. The molecule has 16 heavy (non-hydrogen) atoms. The standard InChI is InChI=1S/C16H25/c1-8-9(2)12(5)16-14(7)10(3)13(6)15(16)11(8)4/h10,13-16H,6H2,1-5,7H3. The van der Waals surface area contributed by atoms with E-state index in [9.17, 15) is 0 Å². The highest BCUT2D eigenvalue weighted by Gasteiger charge is 2.47. The van der Waals surface area contributed by atoms with E-state index in [0.717, 1.165) is 17.8 Å². The summed E-state index contributed by atoms with van der Waals surface area (Å²) in [5.74, 6) is 3.58. The summed E-state index contributed by atoms with van der Waals surface area (Å²) in [4.78, 5) is 0. The van der Waals surface area contributed by atoms with Gasteiger partial charge in [0.25, 0.3) is 0 Å². The zero-order valence-corrected chi connectivity index (χ0v) is 11.6. The van der Waals surface area contributed by atoms with Crippen molar-refractivity contribution in [2.24, 2.45) is 29.6 Å². The van der Waals surface area contributed by atoms with Crippen molar-refractivity contribution in [2.75, 3.05) is 0 Å². The van der Waals surface area contributed by atoms with E-state index in [1.807, 2.05) is 0 Å². The minimum absolute atomic E-state index is 0.595. The van der Waals surface area contributed by atoms with Crippen LogP contribution < -0.4 is 0 Å². The van der Waals surface area contributed by atoms with Crippen LogP contribution in [-0.2, 0) is 0 Å². The van der Waals surface area contributed by atoms with E-state index in [4.69, 9.17) is 0 Å². The van der Waals surface area contributed by atoms with Crippen LogP contribution in [0.5, 0.6) is 0 Å². The molecular formula is C16H25. The second kappa shape index (κ2) is 3.75. The van der Waals surface area contributed by atoms with Crippen LogP contribution in [0.4, 0.5) is 0 Å². The molecule has 2 aliphatic carbocycles. The minimum atomic E-state index is 0.595. The van der Waals surface area contributed by atoms with Crippen molar-refractivity contribution in [1.29, 1.82) is 0 Å². The number of hydrogen-bond donors (Lipinski definition) is 0. The highest BCUT2D eigenvalue weighted by atomic mass is 14.5. The Morgan fingerprint density at radius 2 is 1.19 bits per heavy atom. The van der Waals surface area contributed by atoms with Crippen LogP contribution in [0.25, 0.3) is 0 Å². The van der Waals surface area contributed by atoms with Crippen LogP contribution in [0.15, 0.2) is 22.3 Å². The van der Waals surface area contributed by atoms with Gasteiger partial charge in [-0.25, -0.2) is 0 Å². The molecule has 0 heterocycles. The first kappa shape index (κ1) is 12.0. The van der Waals surface area contributed by atoms with E-state index in [0.29, 0.717) is 11.8 Å². The van der Waals surface area contributed by atoms with Crippen LogP contribution in [0.1, 0.15) is 41.5 Å². The largest absolute Gasteiger partial charge is 0.0661 e. The predicted molar refractivity (Wildman–Crippen MR) is 70.9 cm³/mol. The van der Waals surface area contributed by atoms with E-state index >= 15 is 0 Å². The van der Waals surface area contributed by atoms with E-state index in [1.165, 1.54) is 11.1 Å². The molecule has 1 fully saturated rings. The highest BCUT2D eigenvalue weighted by Crippen LogP contribution is 2.55. The summed E-state index contributed by atoms with van der Waals surface area (Å²) in [7, 11) is 0. The van der Waals surface area contributed by atoms with Gasteiger partial charge in [-0.1, -0.05) is 25.0 Å². The van der Waals surface area contributed by atoms with Crippen LogP contribution in [0.3, 0.4) is 0 Å². The van der Waals surface area contributed by atoms with Crippen molar-refractivity contribution in [2.45, 2.75) is 41.5 Å². The van der Waals surface area contributed by atoms with Crippen molar-refractivity contribution < 1.29 is 0 Å². The molecule has 1 radical (unpaired) electrons. The van der Waals surface area contributed by atoms with E-state index < -0.39 is 0 Å². The molecule has 5 unspecified atom stereocenters. The van der Waals surface area contributed by atoms with E-state index in [1.54, 1.807) is 11.1 Å². The zero-order chi connectivity index (χ0) is 12.2. The monoisotopic (exact) mass is 217 g/mol. The first-order chi connectivity index (χ1) is 7.37. The van der Waals surface area contributed by atoms with Crippen LogP contribution in [0.2, 0.25) is 0 Å². The van der Waals surface area contributed by atoms with Crippen molar-refractivity contribution in [3.05, 3.63) is 29.2 Å². The molecule has 0 bridgehead atoms. The zero-order valence-electron chi connectivity index (χ0n) is 11.6. The Labute approximate surface area is 101 Å². The summed E-state index contributed by atoms with van der Waals surface area (Å²) in [6.07, 6.45) is 0. The summed E-state index contributed by atoms with van der Waals surface area (Å²) < 4.78 is 0. The topological polar surface area (TPSA) is 0 Å². The van der Waals surface area contributed by atoms with Gasteiger partial charge in [-0.15, -0.1) is 0 Å². The molecule has 0 spiro atoms. The lowest BCUT2D eigenvalue weighted by atomic mass is 9.71. The van der Waals surface area contributed by atoms with Crippen LogP contribution in [0, 0.1) is 36.5 Å². The van der Waals surface area contributed by atoms with Gasteiger partial charge in [-0.05, 0) is 75.4 Å². The number of hydrogen-bond acceptors (Lipinski definition) is 0. The number of allylic oxidation sites excluding steroid dienone is 4. The molecule has 0 heteroatoms. The maximum Gasteiger partial charge on any atom is -0.0101 e. The van der Waals surface area contributed by atoms with Gasteiger partial charge in [0.2, 0.25) is 0 Å². The average molecular weight is 217 g/mol. The Kier molecular flexibility index (Phi) is 2.80. The Morgan fingerprint density at radius 3 is 1.69 bits per heavy atom. The smallest absolute Gasteiger partial charge is 0.0101 e. The predicted octanol–water partition coefficient (Wildman–Crippen LogP) is 4.64. The lowest BCUT2D eigenvalue weighted by molar-refractivity contribution is 0.368. The molecule has 0 aromatic rings. The first-order valence-electron chi connectivity index (χ1n) is 6.56. The van der Waals surface area contributed by atoms with Crippen molar-refractivity contribution >= 4 is 0 Å². The van der Waals surface area contributed by atoms with Crippen LogP contribution in [-0.4, -0.2) is 0 Å². The lowest BCUT2D eigenvalue weighted by Crippen LogP contribution is -2.24. The number of rotatable bonds is 0. The van der Waals surface area contributed by atoms with Crippen molar-refractivity contribution in [1.82, 2.24) is 0 Å². The highest BCUT2D eigenvalue weighted by molar-refractivity contribution is 5.43. The molecule has 0 saturated heterocycles. The van der Waals surface area contributed by atoms with Crippen molar-refractivity contribution in [3.8, 4) is 0 Å². The fraction of sp³-hybridized carbons (Fsp3) is 0.688. The lowest BCUT2D eigenvalue weighted by Gasteiger charge is -2.34. The summed E-state index contributed by atoms with van der Waals surface area (Å²) in [5.41, 5.74) is 6.28. The molecule has 2 aliphatic rings. The molecule has 0 aromatic heterocycles. The molecule has 0 N–H and O–H groups in total. The summed E-state index contributed by atoms with van der Waals surface area (Å²) in [6, 6.07) is 0. The second-order valence-electron chi connectivity index (χ2n) is 6.05. The number of fused-ring (bicyclic) bond motifs is 1. The van der Waals surface area contributed by atoms with Gasteiger partial charge in [0.05, 0.1) is 0 Å². The Balaban J connectivity index is 2.54. The third-order valence-electron chi connectivity index (χ3n) is 5.66. The molecule has 2 rings (SSSR count). The Bertz CT molecular complexity index is 333. The summed E-state index contributed by atoms with van der Waals surface area (Å²) >= 11 is 0. The first-order valence-corrected chi connectivity index (χ1v) is 6.56. The third-order valence-corrected chi connectivity index (χ3v) is 5.66. The molecule has 0 nitrogen and oxygen atoms in total. The SMILES string of the molecule is [CH2]C1C(C)C(C)C2C(C)=C(C)C(C)=C(C)C12. The van der Waals surface area contributed by atoms with Crippen LogP contribution >= 0.6 is 0 Å². The molecule has 0 aliphatic heterocycles. The molecule has 1 saturated carbocycles. The Morgan fingerprint density at radius 1 is 0.750 bits per heavy atom. The molecule has 89 valence electrons. The van der Waals surface area contributed by atoms with Gasteiger partial charge in [0, 0.05) is 0 Å². The molecule has 5 atom stereocenters. The molecule has 0 aromatic carbocycles. The summed E-state index contributed by atoms with van der Waals surface area (Å²) in [6.45, 7) is 18.5. The van der Waals surface area contributed by atoms with Gasteiger partial charge in [0.15, 0.2) is 0 Å². The summed E-state index contributed by atoms with van der Waals surface area (Å²) in [5, 5.41) is 0. The second-order valence-corrected chi connectivity index (χ2v) is 6.05. The fourth-order valence-corrected chi connectivity index (χ4v) is 3.98. The van der Waals surface area contributed by atoms with Gasteiger partial charge in [0.1, 0.15) is 0 Å². The van der Waals surface area contributed by atoms with Gasteiger partial charge >= 0.3 is 0 Å². The average Bonchev–Trinajstić information content (AvgIpc) is 2.48. The Hall–Kier alpha value is -0.520. The van der Waals surface area contributed by atoms with Gasteiger partial charge < -0.3 is 0 Å². The third kappa shape index (κ3) is 1.35. The quantitative estimate of drug-likeness (QED) is 0.554. The van der Waals surface area contributed by atoms with E-state index in [-0.39, 0.29) is 0 Å². The normalized spacial score (nSPS) is 44.1. The minimum Gasteiger partial charge on any atom is -0.0661 e. The van der Waals surface area contributed by atoms with Gasteiger partial charge in [-0.2, -0.15) is 0 Å². The van der Waals surface area contributed by atoms with Crippen molar-refractivity contribution in [3.63, 3.8) is 0 Å².